The molecule has 6 heteroatoms. The number of rotatable bonds is 5. The molecule has 1 aromatic heterocycles. The summed E-state index contributed by atoms with van der Waals surface area (Å²) in [7, 11) is 0. The number of aromatic carboxylic acids is 1. The molecule has 1 aromatic rings. The molecule has 1 unspecified atom stereocenters. The molecular weight excluding hydrogens is 222 g/mol. The van der Waals surface area contributed by atoms with Gasteiger partial charge in [0.15, 0.2) is 0 Å². The topological polar surface area (TPSA) is 105 Å². The fourth-order valence-electron chi connectivity index (χ4n) is 1.17. The number of nitrogens with zero attached hydrogens (tertiary/aromatic N) is 1. The van der Waals surface area contributed by atoms with Crippen molar-refractivity contribution in [2.75, 3.05) is 6.54 Å². The number of carbonyl (C=O) groups excluding carboxylic acids is 1. The van der Waals surface area contributed by atoms with Crippen molar-refractivity contribution in [2.24, 2.45) is 11.7 Å². The SMILES string of the molecule is CC(CN)C(=O)NCc1cc(C(=O)O)ccn1. The fourth-order valence-corrected chi connectivity index (χ4v) is 1.17. The molecule has 0 aliphatic carbocycles. The summed E-state index contributed by atoms with van der Waals surface area (Å²) in [5, 5.41) is 11.4. The Kier molecular flexibility index (Phi) is 4.59. The van der Waals surface area contributed by atoms with Crippen molar-refractivity contribution in [3.63, 3.8) is 0 Å². The number of hydrogen-bond donors (Lipinski definition) is 3. The smallest absolute Gasteiger partial charge is 0.335 e. The third-order valence-electron chi connectivity index (χ3n) is 2.31. The average molecular weight is 237 g/mol. The van der Waals surface area contributed by atoms with E-state index in [0.29, 0.717) is 5.69 Å². The van der Waals surface area contributed by atoms with Gasteiger partial charge < -0.3 is 16.2 Å². The summed E-state index contributed by atoms with van der Waals surface area (Å²) in [5.41, 5.74) is 6.00. The summed E-state index contributed by atoms with van der Waals surface area (Å²) in [5.74, 6) is -1.46. The Hall–Kier alpha value is -1.95. The van der Waals surface area contributed by atoms with Crippen LogP contribution in [-0.4, -0.2) is 28.5 Å². The average Bonchev–Trinajstić information content (AvgIpc) is 2.35. The molecule has 0 bridgehead atoms. The maximum atomic E-state index is 11.4. The standard InChI is InChI=1S/C11H15N3O3/c1-7(5-12)10(15)14-6-9-4-8(11(16)17)2-3-13-9/h2-4,7H,5-6,12H2,1H3,(H,14,15)(H,16,17). The van der Waals surface area contributed by atoms with E-state index in [1.54, 1.807) is 6.92 Å². The Labute approximate surface area is 98.8 Å². The molecule has 0 aliphatic rings. The van der Waals surface area contributed by atoms with Crippen LogP contribution in [0.4, 0.5) is 0 Å². The van der Waals surface area contributed by atoms with E-state index in [4.69, 9.17) is 10.8 Å². The zero-order valence-electron chi connectivity index (χ0n) is 9.51. The second-order valence-electron chi connectivity index (χ2n) is 3.70. The first-order valence-corrected chi connectivity index (χ1v) is 5.20. The van der Waals surface area contributed by atoms with Crippen molar-refractivity contribution in [3.05, 3.63) is 29.6 Å². The normalized spacial score (nSPS) is 11.9. The van der Waals surface area contributed by atoms with Crippen LogP contribution < -0.4 is 11.1 Å². The quantitative estimate of drug-likeness (QED) is 0.668. The van der Waals surface area contributed by atoms with Gasteiger partial charge in [0.1, 0.15) is 0 Å². The molecule has 0 saturated carbocycles. The number of carbonyl (C=O) groups is 2. The van der Waals surface area contributed by atoms with Gasteiger partial charge in [-0.25, -0.2) is 4.79 Å². The van der Waals surface area contributed by atoms with Crippen molar-refractivity contribution in [2.45, 2.75) is 13.5 Å². The van der Waals surface area contributed by atoms with E-state index in [1.165, 1.54) is 18.3 Å². The van der Waals surface area contributed by atoms with Crippen molar-refractivity contribution in [3.8, 4) is 0 Å². The lowest BCUT2D eigenvalue weighted by atomic mass is 10.1. The first-order chi connectivity index (χ1) is 8.04. The summed E-state index contributed by atoms with van der Waals surface area (Å²) in [6.07, 6.45) is 1.40. The van der Waals surface area contributed by atoms with Gasteiger partial charge in [-0.1, -0.05) is 6.92 Å². The first-order valence-electron chi connectivity index (χ1n) is 5.20. The van der Waals surface area contributed by atoms with Crippen LogP contribution in [0.2, 0.25) is 0 Å². The lowest BCUT2D eigenvalue weighted by Gasteiger charge is -2.09. The minimum absolute atomic E-state index is 0.149. The van der Waals surface area contributed by atoms with Crippen LogP contribution >= 0.6 is 0 Å². The third kappa shape index (κ3) is 3.84. The van der Waals surface area contributed by atoms with E-state index < -0.39 is 5.97 Å². The molecule has 0 aliphatic heterocycles. The van der Waals surface area contributed by atoms with E-state index >= 15 is 0 Å². The van der Waals surface area contributed by atoms with Gasteiger partial charge in [0.2, 0.25) is 5.91 Å². The van der Waals surface area contributed by atoms with Crippen LogP contribution in [0, 0.1) is 5.92 Å². The first kappa shape index (κ1) is 13.1. The molecule has 1 heterocycles. The highest BCUT2D eigenvalue weighted by Gasteiger charge is 2.10. The molecule has 1 atom stereocenters. The highest BCUT2D eigenvalue weighted by atomic mass is 16.4. The summed E-state index contributed by atoms with van der Waals surface area (Å²) in [6, 6.07) is 2.83. The van der Waals surface area contributed by atoms with Crippen LogP contribution in [-0.2, 0) is 11.3 Å². The molecular formula is C11H15N3O3. The van der Waals surface area contributed by atoms with Crippen molar-refractivity contribution >= 4 is 11.9 Å². The molecule has 4 N–H and O–H groups in total. The molecule has 1 rings (SSSR count). The monoisotopic (exact) mass is 237 g/mol. The van der Waals surface area contributed by atoms with Crippen LogP contribution in [0.3, 0.4) is 0 Å². The number of nitrogens with one attached hydrogen (secondary N) is 1. The van der Waals surface area contributed by atoms with E-state index in [2.05, 4.69) is 10.3 Å². The highest BCUT2D eigenvalue weighted by Crippen LogP contribution is 2.02. The molecule has 0 saturated heterocycles. The van der Waals surface area contributed by atoms with Gasteiger partial charge in [-0.3, -0.25) is 9.78 Å². The minimum Gasteiger partial charge on any atom is -0.478 e. The Morgan fingerprint density at radius 2 is 2.29 bits per heavy atom. The molecule has 0 fully saturated rings. The van der Waals surface area contributed by atoms with Gasteiger partial charge in [-0.2, -0.15) is 0 Å². The van der Waals surface area contributed by atoms with E-state index in [9.17, 15) is 9.59 Å². The van der Waals surface area contributed by atoms with Crippen molar-refractivity contribution in [1.29, 1.82) is 0 Å². The fraction of sp³-hybridized carbons (Fsp3) is 0.364. The summed E-state index contributed by atoms with van der Waals surface area (Å²) in [6.45, 7) is 2.19. The van der Waals surface area contributed by atoms with Crippen molar-refractivity contribution in [1.82, 2.24) is 10.3 Å². The Bertz CT molecular complexity index is 420. The van der Waals surface area contributed by atoms with Crippen LogP contribution in [0.15, 0.2) is 18.3 Å². The lowest BCUT2D eigenvalue weighted by molar-refractivity contribution is -0.124. The Balaban J connectivity index is 2.60. The second-order valence-corrected chi connectivity index (χ2v) is 3.70. The maximum Gasteiger partial charge on any atom is 0.335 e. The molecule has 0 spiro atoms. The lowest BCUT2D eigenvalue weighted by Crippen LogP contribution is -2.33. The van der Waals surface area contributed by atoms with Gasteiger partial charge in [0.05, 0.1) is 17.8 Å². The number of aromatic nitrogens is 1. The Morgan fingerprint density at radius 1 is 1.59 bits per heavy atom. The van der Waals surface area contributed by atoms with Gasteiger partial charge in [0.25, 0.3) is 0 Å². The number of carboxylic acids is 1. The van der Waals surface area contributed by atoms with Crippen LogP contribution in [0.5, 0.6) is 0 Å². The Morgan fingerprint density at radius 3 is 2.88 bits per heavy atom. The van der Waals surface area contributed by atoms with E-state index in [-0.39, 0.29) is 30.5 Å². The number of amides is 1. The van der Waals surface area contributed by atoms with Gasteiger partial charge in [-0.15, -0.1) is 0 Å². The molecule has 92 valence electrons. The van der Waals surface area contributed by atoms with Crippen LogP contribution in [0.1, 0.15) is 23.0 Å². The predicted molar refractivity (Wildman–Crippen MR) is 61.3 cm³/mol. The zero-order valence-corrected chi connectivity index (χ0v) is 9.51. The third-order valence-corrected chi connectivity index (χ3v) is 2.31. The highest BCUT2D eigenvalue weighted by molar-refractivity contribution is 5.87. The number of carboxylic acid groups (broad SMARTS) is 1. The second kappa shape index (κ2) is 5.95. The minimum atomic E-state index is -1.02. The van der Waals surface area contributed by atoms with Crippen LogP contribution in [0.25, 0.3) is 0 Å². The molecule has 17 heavy (non-hydrogen) atoms. The van der Waals surface area contributed by atoms with Crippen molar-refractivity contribution < 1.29 is 14.7 Å². The molecule has 6 nitrogen and oxygen atoms in total. The number of hydrogen-bond acceptors (Lipinski definition) is 4. The summed E-state index contributed by atoms with van der Waals surface area (Å²) < 4.78 is 0. The largest absolute Gasteiger partial charge is 0.478 e. The van der Waals surface area contributed by atoms with Gasteiger partial charge >= 0.3 is 5.97 Å². The van der Waals surface area contributed by atoms with Gasteiger partial charge in [0, 0.05) is 18.7 Å². The number of pyridine rings is 1. The van der Waals surface area contributed by atoms with Gasteiger partial charge in [-0.05, 0) is 12.1 Å². The molecule has 1 amide bonds. The van der Waals surface area contributed by atoms with E-state index in [0.717, 1.165) is 0 Å². The zero-order chi connectivity index (χ0) is 12.8. The van der Waals surface area contributed by atoms with E-state index in [1.807, 2.05) is 0 Å². The number of nitrogens with two attached hydrogens (primary N) is 1. The molecule has 0 aromatic carbocycles. The predicted octanol–water partition coefficient (Wildman–Crippen LogP) is -0.00920. The maximum absolute atomic E-state index is 11.4. The summed E-state index contributed by atoms with van der Waals surface area (Å²) >= 11 is 0. The summed E-state index contributed by atoms with van der Waals surface area (Å²) in [4.78, 5) is 26.1. The molecule has 0 radical (unpaired) electrons.